The molecule has 1 aromatic heterocycles. The Morgan fingerprint density at radius 2 is 1.16 bits per heavy atom. The van der Waals surface area contributed by atoms with Crippen molar-refractivity contribution in [3.05, 3.63) is 129 Å². The van der Waals surface area contributed by atoms with E-state index in [9.17, 15) is 14.4 Å². The number of carbonyl (C=O) groups is 2. The van der Waals surface area contributed by atoms with Crippen LogP contribution in [0, 0.1) is 6.92 Å². The van der Waals surface area contributed by atoms with Gasteiger partial charge in [-0.3, -0.25) is 14.4 Å². The van der Waals surface area contributed by atoms with Gasteiger partial charge in [-0.2, -0.15) is 0 Å². The maximum absolute atomic E-state index is 13.4. The monoisotopic (exact) mass is 418 g/mol. The number of fused-ring (bicyclic) bond motifs is 2. The van der Waals surface area contributed by atoms with E-state index in [4.69, 9.17) is 4.42 Å². The van der Waals surface area contributed by atoms with Crippen LogP contribution in [0.2, 0.25) is 0 Å². The summed E-state index contributed by atoms with van der Waals surface area (Å²) in [4.78, 5) is 40.0. The van der Waals surface area contributed by atoms with Gasteiger partial charge in [-0.15, -0.1) is 0 Å². The summed E-state index contributed by atoms with van der Waals surface area (Å²) in [5.41, 5.74) is 2.68. The molecule has 0 radical (unpaired) electrons. The van der Waals surface area contributed by atoms with E-state index in [0.717, 1.165) is 5.56 Å². The van der Waals surface area contributed by atoms with Crippen molar-refractivity contribution in [1.29, 1.82) is 0 Å². The first-order valence-electron chi connectivity index (χ1n) is 10.2. The fourth-order valence-corrected chi connectivity index (χ4v) is 3.88. The molecule has 0 saturated carbocycles. The third-order valence-electron chi connectivity index (χ3n) is 5.53. The summed E-state index contributed by atoms with van der Waals surface area (Å²) in [5.74, 6) is -0.631. The van der Waals surface area contributed by atoms with Crippen molar-refractivity contribution in [3.8, 4) is 0 Å². The van der Waals surface area contributed by atoms with Gasteiger partial charge in [0.2, 0.25) is 5.43 Å². The average Bonchev–Trinajstić information content (AvgIpc) is 2.84. The minimum atomic E-state index is -0.324. The molecule has 0 unspecified atom stereocenters. The number of ketones is 2. The summed E-state index contributed by atoms with van der Waals surface area (Å²) in [7, 11) is 0. The lowest BCUT2D eigenvalue weighted by Gasteiger charge is -2.11. The van der Waals surface area contributed by atoms with Crippen molar-refractivity contribution in [1.82, 2.24) is 0 Å². The highest BCUT2D eigenvalue weighted by atomic mass is 16.3. The largest absolute Gasteiger partial charge is 0.456 e. The molecule has 5 aromatic rings. The minimum absolute atomic E-state index is 0.178. The molecule has 0 aliphatic heterocycles. The molecule has 154 valence electrons. The highest BCUT2D eigenvalue weighted by Gasteiger charge is 2.22. The second-order valence-electron chi connectivity index (χ2n) is 7.72. The quantitative estimate of drug-likeness (QED) is 0.277. The Kier molecular flexibility index (Phi) is 4.75. The van der Waals surface area contributed by atoms with Gasteiger partial charge in [0.05, 0.1) is 10.8 Å². The van der Waals surface area contributed by atoms with Crippen LogP contribution in [0.3, 0.4) is 0 Å². The van der Waals surface area contributed by atoms with Crippen LogP contribution in [0.5, 0.6) is 0 Å². The van der Waals surface area contributed by atoms with E-state index in [1.165, 1.54) is 12.1 Å². The smallest absolute Gasteiger partial charge is 0.200 e. The Hall–Kier alpha value is -4.31. The molecule has 0 aliphatic rings. The van der Waals surface area contributed by atoms with E-state index in [2.05, 4.69) is 0 Å². The van der Waals surface area contributed by atoms with Crippen molar-refractivity contribution < 1.29 is 14.0 Å². The fourth-order valence-electron chi connectivity index (χ4n) is 3.88. The second-order valence-corrected chi connectivity index (χ2v) is 7.72. The Labute approximate surface area is 183 Å². The molecule has 4 heteroatoms. The van der Waals surface area contributed by atoms with Crippen molar-refractivity contribution in [2.75, 3.05) is 0 Å². The Balaban J connectivity index is 1.82. The van der Waals surface area contributed by atoms with E-state index < -0.39 is 0 Å². The van der Waals surface area contributed by atoms with Crippen molar-refractivity contribution in [2.24, 2.45) is 0 Å². The van der Waals surface area contributed by atoms with Gasteiger partial charge < -0.3 is 4.42 Å². The summed E-state index contributed by atoms with van der Waals surface area (Å²) in [6.07, 6.45) is 0. The molecule has 0 N–H and O–H groups in total. The molecule has 0 amide bonds. The third-order valence-corrected chi connectivity index (χ3v) is 5.53. The summed E-state index contributed by atoms with van der Waals surface area (Å²) >= 11 is 0. The Bertz CT molecular complexity index is 1560. The first-order valence-corrected chi connectivity index (χ1v) is 10.2. The molecular weight excluding hydrogens is 400 g/mol. The second kappa shape index (κ2) is 7.75. The maximum Gasteiger partial charge on any atom is 0.200 e. The third kappa shape index (κ3) is 3.32. The van der Waals surface area contributed by atoms with Crippen LogP contribution in [-0.4, -0.2) is 11.6 Å². The van der Waals surface area contributed by atoms with Crippen LogP contribution < -0.4 is 5.43 Å². The zero-order valence-electron chi connectivity index (χ0n) is 17.3. The average molecular weight is 418 g/mol. The fraction of sp³-hybridized carbons (Fsp3) is 0.0357. The number of hydrogen-bond donors (Lipinski definition) is 0. The minimum Gasteiger partial charge on any atom is -0.456 e. The normalized spacial score (nSPS) is 11.0. The number of hydrogen-bond acceptors (Lipinski definition) is 4. The molecule has 0 bridgehead atoms. The standard InChI is InChI=1S/C28H18O4/c1-17-12-13-24-22(14-17)28(31)23-15-20(26(29)18-8-4-2-5-9-18)21(16-25(23)32-24)27(30)19-10-6-3-7-11-19/h2-16H,1H3. The first-order chi connectivity index (χ1) is 15.5. The molecule has 4 aromatic carbocycles. The van der Waals surface area contributed by atoms with Gasteiger partial charge in [-0.05, 0) is 31.2 Å². The lowest BCUT2D eigenvalue weighted by atomic mass is 9.91. The molecule has 0 saturated heterocycles. The molecule has 1 heterocycles. The predicted octanol–water partition coefficient (Wildman–Crippen LogP) is 5.72. The molecule has 0 spiro atoms. The Morgan fingerprint density at radius 3 is 1.75 bits per heavy atom. The maximum atomic E-state index is 13.4. The van der Waals surface area contributed by atoms with Gasteiger partial charge in [0.25, 0.3) is 0 Å². The summed E-state index contributed by atoms with van der Waals surface area (Å²) < 4.78 is 5.99. The first kappa shape index (κ1) is 19.6. The molecular formula is C28H18O4. The van der Waals surface area contributed by atoms with Gasteiger partial charge in [0.15, 0.2) is 11.6 Å². The highest BCUT2D eigenvalue weighted by molar-refractivity contribution is 6.21. The molecule has 0 aliphatic carbocycles. The lowest BCUT2D eigenvalue weighted by molar-refractivity contribution is 0.100. The van der Waals surface area contributed by atoms with Crippen molar-refractivity contribution >= 4 is 33.5 Å². The van der Waals surface area contributed by atoms with E-state index in [0.29, 0.717) is 22.1 Å². The van der Waals surface area contributed by atoms with Gasteiger partial charge >= 0.3 is 0 Å². The molecule has 0 fully saturated rings. The van der Waals surface area contributed by atoms with Crippen LogP contribution in [0.25, 0.3) is 21.9 Å². The number of rotatable bonds is 4. The van der Waals surface area contributed by atoms with Crippen LogP contribution in [0.15, 0.2) is 100 Å². The van der Waals surface area contributed by atoms with Crippen LogP contribution in [0.1, 0.15) is 37.4 Å². The summed E-state index contributed by atoms with van der Waals surface area (Å²) in [5, 5.41) is 0.713. The number of benzene rings is 4. The van der Waals surface area contributed by atoms with Crippen LogP contribution in [-0.2, 0) is 0 Å². The highest BCUT2D eigenvalue weighted by Crippen LogP contribution is 2.26. The zero-order valence-corrected chi connectivity index (χ0v) is 17.3. The zero-order chi connectivity index (χ0) is 22.2. The topological polar surface area (TPSA) is 64.3 Å². The molecule has 32 heavy (non-hydrogen) atoms. The van der Waals surface area contributed by atoms with Gasteiger partial charge in [-0.25, -0.2) is 0 Å². The number of carbonyl (C=O) groups excluding carboxylic acids is 2. The van der Waals surface area contributed by atoms with Gasteiger partial charge in [-0.1, -0.05) is 72.3 Å². The predicted molar refractivity (Wildman–Crippen MR) is 124 cm³/mol. The van der Waals surface area contributed by atoms with Crippen molar-refractivity contribution in [3.63, 3.8) is 0 Å². The van der Waals surface area contributed by atoms with Gasteiger partial charge in [0, 0.05) is 22.3 Å². The molecule has 5 rings (SSSR count). The lowest BCUT2D eigenvalue weighted by Crippen LogP contribution is -2.13. The van der Waals surface area contributed by atoms with Crippen molar-refractivity contribution in [2.45, 2.75) is 6.92 Å². The van der Waals surface area contributed by atoms with Crippen LogP contribution in [0.4, 0.5) is 0 Å². The van der Waals surface area contributed by atoms with Crippen LogP contribution >= 0.6 is 0 Å². The summed E-state index contributed by atoms with van der Waals surface area (Å²) in [6, 6.07) is 25.8. The van der Waals surface area contributed by atoms with E-state index in [-0.39, 0.29) is 39.1 Å². The number of aryl methyl sites for hydroxylation is 1. The van der Waals surface area contributed by atoms with E-state index in [1.807, 2.05) is 25.1 Å². The van der Waals surface area contributed by atoms with E-state index >= 15 is 0 Å². The Morgan fingerprint density at radius 1 is 0.625 bits per heavy atom. The van der Waals surface area contributed by atoms with E-state index in [1.54, 1.807) is 60.7 Å². The van der Waals surface area contributed by atoms with Gasteiger partial charge in [0.1, 0.15) is 11.2 Å². The molecule has 4 nitrogen and oxygen atoms in total. The summed E-state index contributed by atoms with van der Waals surface area (Å²) in [6.45, 7) is 1.90. The molecule has 0 atom stereocenters. The SMILES string of the molecule is Cc1ccc2oc3cc(C(=O)c4ccccc4)c(C(=O)c4ccccc4)cc3c(=O)c2c1.